The van der Waals surface area contributed by atoms with Crippen LogP contribution in [0.4, 0.5) is 61.5 Å². The van der Waals surface area contributed by atoms with Gasteiger partial charge in [0.25, 0.3) is 0 Å². The third-order valence-corrected chi connectivity index (χ3v) is 5.65. The van der Waals surface area contributed by atoms with Gasteiger partial charge in [0.15, 0.2) is 70.2 Å². The van der Waals surface area contributed by atoms with Crippen molar-refractivity contribution in [3.63, 3.8) is 0 Å². The van der Waals surface area contributed by atoms with Gasteiger partial charge in [0, 0.05) is 5.56 Å². The first-order valence-electron chi connectivity index (χ1n) is 9.25. The topological polar surface area (TPSA) is 0 Å². The summed E-state index contributed by atoms with van der Waals surface area (Å²) in [5.41, 5.74) is -10.1. The van der Waals surface area contributed by atoms with Crippen LogP contribution in [0.3, 0.4) is 0 Å². The minimum atomic E-state index is -4.89. The molecule has 0 spiro atoms. The summed E-state index contributed by atoms with van der Waals surface area (Å²) in [6.07, 6.45) is -4.39. The lowest BCUT2D eigenvalue weighted by atomic mass is 9.65. The SMILES string of the molecule is FC1=C(F)C(F)C(c2c(F)c(F)c(F)c(F)c2F)(c2c(F)c(F)c(F)c3c(F)cccc23)C(F)=C1F. The van der Waals surface area contributed by atoms with Crippen molar-refractivity contribution in [1.82, 2.24) is 0 Å². The second kappa shape index (κ2) is 8.23. The van der Waals surface area contributed by atoms with Gasteiger partial charge >= 0.3 is 0 Å². The number of allylic oxidation sites excluding steroid dienone is 4. The van der Waals surface area contributed by atoms with Crippen LogP contribution in [0.2, 0.25) is 0 Å². The molecule has 0 aliphatic heterocycles. The number of alkyl halides is 1. The zero-order valence-electron chi connectivity index (χ0n) is 16.6. The molecule has 0 amide bonds. The molecular formula is C22H4F14. The van der Waals surface area contributed by atoms with Crippen molar-refractivity contribution in [3.05, 3.63) is 105 Å². The molecule has 2 unspecified atom stereocenters. The van der Waals surface area contributed by atoms with Gasteiger partial charge in [-0.05, 0) is 11.5 Å². The number of benzene rings is 3. The fourth-order valence-corrected chi connectivity index (χ4v) is 4.11. The van der Waals surface area contributed by atoms with Crippen LogP contribution in [0.15, 0.2) is 41.5 Å². The summed E-state index contributed by atoms with van der Waals surface area (Å²) < 4.78 is 203. The summed E-state index contributed by atoms with van der Waals surface area (Å²) in [5, 5.41) is -3.23. The van der Waals surface area contributed by atoms with E-state index in [1.165, 1.54) is 0 Å². The van der Waals surface area contributed by atoms with E-state index in [2.05, 4.69) is 0 Å². The average molecular weight is 534 g/mol. The fourth-order valence-electron chi connectivity index (χ4n) is 4.11. The highest BCUT2D eigenvalue weighted by Gasteiger charge is 2.61. The number of fused-ring (bicyclic) bond motifs is 1. The van der Waals surface area contributed by atoms with Gasteiger partial charge in [-0.15, -0.1) is 0 Å². The van der Waals surface area contributed by atoms with E-state index in [0.29, 0.717) is 18.2 Å². The molecular weight excluding hydrogens is 530 g/mol. The van der Waals surface area contributed by atoms with Crippen molar-refractivity contribution in [3.8, 4) is 0 Å². The Bertz CT molecular complexity index is 1510. The second-order valence-electron chi connectivity index (χ2n) is 7.38. The van der Waals surface area contributed by atoms with E-state index in [1.54, 1.807) is 0 Å². The first-order valence-corrected chi connectivity index (χ1v) is 9.25. The molecule has 0 aromatic heterocycles. The molecule has 14 heteroatoms. The van der Waals surface area contributed by atoms with E-state index in [9.17, 15) is 48.3 Å². The summed E-state index contributed by atoms with van der Waals surface area (Å²) in [4.78, 5) is 0. The number of rotatable bonds is 2. The highest BCUT2D eigenvalue weighted by Crippen LogP contribution is 2.57. The Morgan fingerprint density at radius 3 is 1.56 bits per heavy atom. The van der Waals surface area contributed by atoms with Crippen molar-refractivity contribution in [2.45, 2.75) is 11.6 Å². The molecule has 0 heterocycles. The van der Waals surface area contributed by atoms with Crippen LogP contribution < -0.4 is 0 Å². The molecule has 1 aliphatic carbocycles. The first kappa shape index (κ1) is 25.5. The van der Waals surface area contributed by atoms with Gasteiger partial charge in [-0.25, -0.2) is 61.5 Å². The molecule has 3 aromatic carbocycles. The van der Waals surface area contributed by atoms with Gasteiger partial charge < -0.3 is 0 Å². The molecule has 3 aromatic rings. The Kier molecular flexibility index (Phi) is 5.84. The molecule has 0 fully saturated rings. The molecule has 0 saturated heterocycles. The molecule has 190 valence electrons. The lowest BCUT2D eigenvalue weighted by molar-refractivity contribution is 0.183. The zero-order chi connectivity index (χ0) is 27.0. The Morgan fingerprint density at radius 2 is 1.00 bits per heavy atom. The van der Waals surface area contributed by atoms with Crippen LogP contribution >= 0.6 is 0 Å². The smallest absolute Gasteiger partial charge is 0.200 e. The van der Waals surface area contributed by atoms with Crippen molar-refractivity contribution >= 4 is 10.8 Å². The van der Waals surface area contributed by atoms with Crippen molar-refractivity contribution in [2.24, 2.45) is 0 Å². The van der Waals surface area contributed by atoms with Crippen LogP contribution in [0.1, 0.15) is 11.1 Å². The fraction of sp³-hybridized carbons (Fsp3) is 0.0909. The summed E-state index contributed by atoms with van der Waals surface area (Å²) in [6, 6.07) is 1.24. The highest BCUT2D eigenvalue weighted by atomic mass is 19.2. The maximum atomic E-state index is 15.4. The molecule has 4 rings (SSSR count). The maximum absolute atomic E-state index is 15.4. The normalized spacial score (nSPS) is 20.7. The standard InChI is InChI=1S/C22H4F14/c23-5-3-1-2-4-6(5)9(24)13(28)10(25)7(4)22(20(35)18(33)17(32)19(34)21(22)36)8-11(26)14(29)16(31)15(30)12(8)27/h1-3,20H. The van der Waals surface area contributed by atoms with E-state index < -0.39 is 109 Å². The molecule has 0 saturated carbocycles. The third kappa shape index (κ3) is 2.95. The van der Waals surface area contributed by atoms with Gasteiger partial charge in [0.1, 0.15) is 11.2 Å². The lowest BCUT2D eigenvalue weighted by Crippen LogP contribution is -2.45. The van der Waals surface area contributed by atoms with E-state index in [0.717, 1.165) is 0 Å². The van der Waals surface area contributed by atoms with Gasteiger partial charge in [0.05, 0.1) is 10.9 Å². The Hall–Kier alpha value is -3.58. The van der Waals surface area contributed by atoms with Gasteiger partial charge in [-0.2, -0.15) is 0 Å². The predicted octanol–water partition coefficient (Wildman–Crippen LogP) is 8.03. The van der Waals surface area contributed by atoms with Crippen LogP contribution in [0.5, 0.6) is 0 Å². The second-order valence-corrected chi connectivity index (χ2v) is 7.38. The molecule has 1 aliphatic rings. The van der Waals surface area contributed by atoms with Crippen molar-refractivity contribution in [1.29, 1.82) is 0 Å². The van der Waals surface area contributed by atoms with Crippen molar-refractivity contribution < 1.29 is 61.5 Å². The van der Waals surface area contributed by atoms with Gasteiger partial charge in [-0.3, -0.25) is 0 Å². The Labute approximate surface area is 189 Å². The predicted molar refractivity (Wildman–Crippen MR) is 94.2 cm³/mol. The van der Waals surface area contributed by atoms with Crippen LogP contribution in [-0.2, 0) is 5.41 Å². The maximum Gasteiger partial charge on any atom is 0.200 e. The van der Waals surface area contributed by atoms with Gasteiger partial charge in [0.2, 0.25) is 5.82 Å². The minimum Gasteiger partial charge on any atom is -0.238 e. The monoisotopic (exact) mass is 534 g/mol. The highest BCUT2D eigenvalue weighted by molar-refractivity contribution is 5.90. The van der Waals surface area contributed by atoms with Crippen LogP contribution in [0.25, 0.3) is 10.8 Å². The molecule has 2 atom stereocenters. The van der Waals surface area contributed by atoms with E-state index in [-0.39, 0.29) is 0 Å². The van der Waals surface area contributed by atoms with Gasteiger partial charge in [-0.1, -0.05) is 12.1 Å². The van der Waals surface area contributed by atoms with E-state index in [1.807, 2.05) is 0 Å². The first-order chi connectivity index (χ1) is 16.7. The number of hydrogen-bond acceptors (Lipinski definition) is 0. The molecule has 0 bridgehead atoms. The number of hydrogen-bond donors (Lipinski definition) is 0. The number of halogens is 14. The summed E-state index contributed by atoms with van der Waals surface area (Å²) in [5.74, 6) is -37.6. The minimum absolute atomic E-state index is 0.331. The van der Waals surface area contributed by atoms with E-state index in [4.69, 9.17) is 0 Å². The molecule has 0 nitrogen and oxygen atoms in total. The Balaban J connectivity index is 2.42. The van der Waals surface area contributed by atoms with Crippen LogP contribution in [-0.4, -0.2) is 6.17 Å². The summed E-state index contributed by atoms with van der Waals surface area (Å²) in [7, 11) is 0. The zero-order valence-corrected chi connectivity index (χ0v) is 16.6. The Morgan fingerprint density at radius 1 is 0.528 bits per heavy atom. The summed E-state index contributed by atoms with van der Waals surface area (Å²) in [6.45, 7) is 0. The van der Waals surface area contributed by atoms with E-state index >= 15 is 13.2 Å². The molecule has 0 N–H and O–H groups in total. The molecule has 0 radical (unpaired) electrons. The molecule has 36 heavy (non-hydrogen) atoms. The third-order valence-electron chi connectivity index (χ3n) is 5.65. The quantitative estimate of drug-likeness (QED) is 0.178. The average Bonchev–Trinajstić information content (AvgIpc) is 2.85. The lowest BCUT2D eigenvalue weighted by Gasteiger charge is -2.39. The summed E-state index contributed by atoms with van der Waals surface area (Å²) >= 11 is 0. The largest absolute Gasteiger partial charge is 0.238 e. The van der Waals surface area contributed by atoms with Crippen molar-refractivity contribution in [2.75, 3.05) is 0 Å². The van der Waals surface area contributed by atoms with Crippen LogP contribution in [0, 0.1) is 52.4 Å².